The normalized spacial score (nSPS) is 10.0. The molecule has 86 valence electrons. The number of aromatic nitrogens is 1. The Morgan fingerprint density at radius 2 is 2.18 bits per heavy atom. The molecule has 0 atom stereocenters. The Hall–Kier alpha value is -2.23. The molecule has 17 heavy (non-hydrogen) atoms. The van der Waals surface area contributed by atoms with Crippen molar-refractivity contribution in [3.05, 3.63) is 48.0 Å². The zero-order valence-electron chi connectivity index (χ0n) is 9.18. The zero-order valence-corrected chi connectivity index (χ0v) is 9.18. The Labute approximate surface area is 97.9 Å². The van der Waals surface area contributed by atoms with Crippen LogP contribution < -0.4 is 4.74 Å². The van der Waals surface area contributed by atoms with E-state index in [1.54, 1.807) is 24.5 Å². The van der Waals surface area contributed by atoms with E-state index in [0.29, 0.717) is 23.2 Å². The van der Waals surface area contributed by atoms with Crippen molar-refractivity contribution >= 4 is 6.29 Å². The van der Waals surface area contributed by atoms with Crippen LogP contribution in [0.4, 0.5) is 4.39 Å². The minimum absolute atomic E-state index is 0.0385. The summed E-state index contributed by atoms with van der Waals surface area (Å²) in [5.41, 5.74) is 1.35. The highest BCUT2D eigenvalue weighted by Crippen LogP contribution is 2.29. The summed E-state index contributed by atoms with van der Waals surface area (Å²) in [6, 6.07) is 6.08. The smallest absolute Gasteiger partial charge is 0.152 e. The molecule has 0 spiro atoms. The second kappa shape index (κ2) is 4.74. The number of rotatable bonds is 3. The first kappa shape index (κ1) is 11.3. The molecule has 0 saturated heterocycles. The van der Waals surface area contributed by atoms with E-state index in [1.807, 2.05) is 0 Å². The Kier molecular flexibility index (Phi) is 3.14. The molecule has 2 aromatic rings. The molecule has 0 amide bonds. The van der Waals surface area contributed by atoms with E-state index in [2.05, 4.69) is 4.98 Å². The highest BCUT2D eigenvalue weighted by atomic mass is 19.1. The summed E-state index contributed by atoms with van der Waals surface area (Å²) in [7, 11) is 1.54. The van der Waals surface area contributed by atoms with Gasteiger partial charge < -0.3 is 4.74 Å². The van der Waals surface area contributed by atoms with Gasteiger partial charge in [-0.1, -0.05) is 6.07 Å². The summed E-state index contributed by atoms with van der Waals surface area (Å²) in [6.45, 7) is 0. The fraction of sp³-hybridized carbons (Fsp3) is 0.0769. The molecule has 0 radical (unpaired) electrons. The molecule has 3 nitrogen and oxygen atoms in total. The Morgan fingerprint density at radius 1 is 1.35 bits per heavy atom. The fourth-order valence-electron chi connectivity index (χ4n) is 1.57. The maximum atomic E-state index is 13.5. The fourth-order valence-corrected chi connectivity index (χ4v) is 1.57. The molecule has 0 unspecified atom stereocenters. The van der Waals surface area contributed by atoms with Gasteiger partial charge in [0.05, 0.1) is 12.7 Å². The van der Waals surface area contributed by atoms with Crippen LogP contribution in [0.25, 0.3) is 11.1 Å². The van der Waals surface area contributed by atoms with Gasteiger partial charge in [0.2, 0.25) is 0 Å². The van der Waals surface area contributed by atoms with Gasteiger partial charge in [-0.25, -0.2) is 4.39 Å². The molecule has 0 fully saturated rings. The first-order chi connectivity index (χ1) is 8.26. The highest BCUT2D eigenvalue weighted by molar-refractivity contribution is 5.78. The maximum absolute atomic E-state index is 13.5. The number of methoxy groups -OCH3 is 1. The average molecular weight is 231 g/mol. The quantitative estimate of drug-likeness (QED) is 0.762. The van der Waals surface area contributed by atoms with Crippen molar-refractivity contribution in [3.8, 4) is 16.9 Å². The lowest BCUT2D eigenvalue weighted by molar-refractivity contribution is 0.112. The van der Waals surface area contributed by atoms with Crippen LogP contribution in [0.3, 0.4) is 0 Å². The predicted molar refractivity (Wildman–Crippen MR) is 61.6 cm³/mol. The lowest BCUT2D eigenvalue weighted by Crippen LogP contribution is -1.92. The predicted octanol–water partition coefficient (Wildman–Crippen LogP) is 2.71. The number of benzene rings is 1. The Morgan fingerprint density at radius 3 is 2.82 bits per heavy atom. The number of halogens is 1. The topological polar surface area (TPSA) is 39.2 Å². The van der Waals surface area contributed by atoms with Crippen LogP contribution in [0.2, 0.25) is 0 Å². The average Bonchev–Trinajstić information content (AvgIpc) is 2.38. The van der Waals surface area contributed by atoms with Crippen LogP contribution in [0.1, 0.15) is 10.4 Å². The van der Waals surface area contributed by atoms with Crippen LogP contribution in [0, 0.1) is 5.82 Å². The molecule has 0 aliphatic heterocycles. The van der Waals surface area contributed by atoms with E-state index < -0.39 is 5.82 Å². The molecule has 4 heteroatoms. The van der Waals surface area contributed by atoms with Crippen LogP contribution in [-0.4, -0.2) is 18.4 Å². The van der Waals surface area contributed by atoms with Crippen molar-refractivity contribution in [2.75, 3.05) is 7.11 Å². The van der Waals surface area contributed by atoms with Crippen molar-refractivity contribution in [2.24, 2.45) is 0 Å². The molecular weight excluding hydrogens is 221 g/mol. The van der Waals surface area contributed by atoms with Crippen LogP contribution >= 0.6 is 0 Å². The Bertz CT molecular complexity index is 555. The monoisotopic (exact) mass is 231 g/mol. The number of hydrogen-bond donors (Lipinski definition) is 0. The van der Waals surface area contributed by atoms with Gasteiger partial charge in [0.1, 0.15) is 11.6 Å². The third-order valence-electron chi connectivity index (χ3n) is 2.44. The van der Waals surface area contributed by atoms with Gasteiger partial charge in [-0.3, -0.25) is 9.78 Å². The van der Waals surface area contributed by atoms with E-state index >= 15 is 0 Å². The number of pyridine rings is 1. The SMILES string of the molecule is COc1ccncc1-c1ccc(C=O)c(F)c1. The van der Waals surface area contributed by atoms with E-state index in [0.717, 1.165) is 0 Å². The number of carbonyl (C=O) groups is 1. The second-order valence-corrected chi connectivity index (χ2v) is 3.43. The summed E-state index contributed by atoms with van der Waals surface area (Å²) in [6.07, 6.45) is 3.67. The third kappa shape index (κ3) is 2.15. The first-order valence-electron chi connectivity index (χ1n) is 4.99. The van der Waals surface area contributed by atoms with E-state index in [9.17, 15) is 9.18 Å². The van der Waals surface area contributed by atoms with Gasteiger partial charge in [-0.2, -0.15) is 0 Å². The number of carbonyl (C=O) groups excluding carboxylic acids is 1. The Balaban J connectivity index is 2.53. The van der Waals surface area contributed by atoms with Gasteiger partial charge in [-0.15, -0.1) is 0 Å². The molecule has 0 bridgehead atoms. The molecular formula is C13H10FNO2. The summed E-state index contributed by atoms with van der Waals surface area (Å²) >= 11 is 0. The first-order valence-corrected chi connectivity index (χ1v) is 4.99. The molecule has 0 aliphatic carbocycles. The minimum atomic E-state index is -0.552. The molecule has 1 aromatic heterocycles. The maximum Gasteiger partial charge on any atom is 0.152 e. The lowest BCUT2D eigenvalue weighted by atomic mass is 10.0. The van der Waals surface area contributed by atoms with E-state index in [-0.39, 0.29) is 5.56 Å². The van der Waals surface area contributed by atoms with Gasteiger partial charge in [-0.05, 0) is 23.8 Å². The zero-order chi connectivity index (χ0) is 12.3. The summed E-state index contributed by atoms with van der Waals surface area (Å²) in [5, 5.41) is 0. The third-order valence-corrected chi connectivity index (χ3v) is 2.44. The largest absolute Gasteiger partial charge is 0.496 e. The second-order valence-electron chi connectivity index (χ2n) is 3.43. The van der Waals surface area contributed by atoms with Gasteiger partial charge in [0.25, 0.3) is 0 Å². The van der Waals surface area contributed by atoms with Crippen LogP contribution in [-0.2, 0) is 0 Å². The molecule has 0 aliphatic rings. The molecule has 1 aromatic carbocycles. The van der Waals surface area contributed by atoms with Crippen molar-refractivity contribution in [1.82, 2.24) is 4.98 Å². The van der Waals surface area contributed by atoms with Crippen LogP contribution in [0.15, 0.2) is 36.7 Å². The van der Waals surface area contributed by atoms with Crippen molar-refractivity contribution in [3.63, 3.8) is 0 Å². The number of hydrogen-bond acceptors (Lipinski definition) is 3. The van der Waals surface area contributed by atoms with Gasteiger partial charge >= 0.3 is 0 Å². The molecule has 2 rings (SSSR count). The molecule has 1 heterocycles. The van der Waals surface area contributed by atoms with E-state index in [1.165, 1.54) is 19.2 Å². The van der Waals surface area contributed by atoms with Gasteiger partial charge in [0, 0.05) is 18.0 Å². The number of aldehydes is 1. The number of nitrogens with zero attached hydrogens (tertiary/aromatic N) is 1. The van der Waals surface area contributed by atoms with Crippen molar-refractivity contribution < 1.29 is 13.9 Å². The summed E-state index contributed by atoms with van der Waals surface area (Å²) in [5.74, 6) is 0.0571. The van der Waals surface area contributed by atoms with Gasteiger partial charge in [0.15, 0.2) is 6.29 Å². The summed E-state index contributed by atoms with van der Waals surface area (Å²) in [4.78, 5) is 14.5. The van der Waals surface area contributed by atoms with Crippen molar-refractivity contribution in [1.29, 1.82) is 0 Å². The van der Waals surface area contributed by atoms with Crippen LogP contribution in [0.5, 0.6) is 5.75 Å². The van der Waals surface area contributed by atoms with Crippen molar-refractivity contribution in [2.45, 2.75) is 0 Å². The summed E-state index contributed by atoms with van der Waals surface area (Å²) < 4.78 is 18.6. The van der Waals surface area contributed by atoms with E-state index in [4.69, 9.17) is 4.74 Å². The standard InChI is InChI=1S/C13H10FNO2/c1-17-13-4-5-15-7-11(13)9-2-3-10(8-16)12(14)6-9/h2-8H,1H3. The molecule has 0 N–H and O–H groups in total. The molecule has 0 saturated carbocycles. The lowest BCUT2D eigenvalue weighted by Gasteiger charge is -2.08. The minimum Gasteiger partial charge on any atom is -0.496 e. The number of ether oxygens (including phenoxy) is 1. The highest BCUT2D eigenvalue weighted by Gasteiger charge is 2.08.